The number of nitrogens with one attached hydrogen (secondary N) is 1. The minimum absolute atomic E-state index is 0.0848. The van der Waals surface area contributed by atoms with Gasteiger partial charge >= 0.3 is 0 Å². The average Bonchev–Trinajstić information content (AvgIpc) is 3.14. The molecule has 1 aromatic carbocycles. The molecule has 0 saturated carbocycles. The van der Waals surface area contributed by atoms with E-state index in [-0.39, 0.29) is 6.04 Å². The van der Waals surface area contributed by atoms with Gasteiger partial charge in [-0.1, -0.05) is 23.7 Å². The molecule has 0 amide bonds. The largest absolute Gasteiger partial charge is 0.353 e. The van der Waals surface area contributed by atoms with Crippen molar-refractivity contribution in [2.24, 2.45) is 5.73 Å². The van der Waals surface area contributed by atoms with Gasteiger partial charge in [-0.25, -0.2) is 9.97 Å². The highest BCUT2D eigenvalue weighted by Crippen LogP contribution is 2.37. The summed E-state index contributed by atoms with van der Waals surface area (Å²) >= 11 is 6.25. The number of para-hydroxylation sites is 1. The van der Waals surface area contributed by atoms with Crippen LogP contribution in [0.15, 0.2) is 24.4 Å². The van der Waals surface area contributed by atoms with Crippen LogP contribution in [0, 0.1) is 6.92 Å². The van der Waals surface area contributed by atoms with Crippen molar-refractivity contribution in [2.45, 2.75) is 51.1 Å². The minimum atomic E-state index is 0.0848. The van der Waals surface area contributed by atoms with Crippen molar-refractivity contribution < 1.29 is 0 Å². The van der Waals surface area contributed by atoms with Gasteiger partial charge in [-0.15, -0.1) is 0 Å². The molecule has 0 spiro atoms. The maximum atomic E-state index is 6.25. The van der Waals surface area contributed by atoms with E-state index in [0.29, 0.717) is 11.2 Å². The molecule has 2 aliphatic rings. The quantitative estimate of drug-likeness (QED) is 0.632. The molecular formula is C23H30ClN7. The SMILES string of the molecule is Cc1cccc2c1nc(NC1CCN(CCN)CC1)n2C1CCCc2ncc(Cl)nc21. The zero-order valence-electron chi connectivity index (χ0n) is 18.0. The van der Waals surface area contributed by atoms with Gasteiger partial charge in [0.15, 0.2) is 0 Å². The lowest BCUT2D eigenvalue weighted by molar-refractivity contribution is 0.224. The summed E-state index contributed by atoms with van der Waals surface area (Å²) < 4.78 is 2.34. The predicted octanol–water partition coefficient (Wildman–Crippen LogP) is 3.55. The van der Waals surface area contributed by atoms with Gasteiger partial charge in [0.2, 0.25) is 5.95 Å². The van der Waals surface area contributed by atoms with Crippen LogP contribution in [0.5, 0.6) is 0 Å². The number of benzene rings is 1. The third-order valence-corrected chi connectivity index (χ3v) is 6.84. The summed E-state index contributed by atoms with van der Waals surface area (Å²) in [6, 6.07) is 6.88. The van der Waals surface area contributed by atoms with Crippen LogP contribution in [-0.4, -0.2) is 56.6 Å². The van der Waals surface area contributed by atoms with Crippen LogP contribution in [0.1, 0.15) is 48.7 Å². The van der Waals surface area contributed by atoms with Gasteiger partial charge in [0.25, 0.3) is 0 Å². The fourth-order valence-corrected chi connectivity index (χ4v) is 5.20. The van der Waals surface area contributed by atoms with Gasteiger partial charge in [-0.05, 0) is 50.7 Å². The van der Waals surface area contributed by atoms with E-state index in [1.807, 2.05) is 0 Å². The Hall–Kier alpha value is -2.22. The Balaban J connectivity index is 1.53. The van der Waals surface area contributed by atoms with E-state index in [9.17, 15) is 0 Å². The average molecular weight is 440 g/mol. The molecule has 1 atom stereocenters. The fourth-order valence-electron chi connectivity index (χ4n) is 5.06. The lowest BCUT2D eigenvalue weighted by atomic mass is 9.95. The van der Waals surface area contributed by atoms with Crippen LogP contribution in [0.4, 0.5) is 5.95 Å². The molecule has 31 heavy (non-hydrogen) atoms. The molecule has 1 unspecified atom stereocenters. The third-order valence-electron chi connectivity index (χ3n) is 6.66. The van der Waals surface area contributed by atoms with Gasteiger partial charge in [0.05, 0.1) is 34.7 Å². The number of anilines is 1. The smallest absolute Gasteiger partial charge is 0.204 e. The molecule has 0 bridgehead atoms. The van der Waals surface area contributed by atoms with Crippen molar-refractivity contribution >= 4 is 28.6 Å². The number of aromatic nitrogens is 4. The van der Waals surface area contributed by atoms with E-state index in [1.54, 1.807) is 6.20 Å². The maximum Gasteiger partial charge on any atom is 0.204 e. The maximum absolute atomic E-state index is 6.25. The van der Waals surface area contributed by atoms with E-state index in [1.165, 1.54) is 5.56 Å². The number of nitrogens with two attached hydrogens (primary N) is 1. The number of rotatable bonds is 5. The van der Waals surface area contributed by atoms with Crippen molar-refractivity contribution in [3.63, 3.8) is 0 Å². The van der Waals surface area contributed by atoms with Crippen LogP contribution < -0.4 is 11.1 Å². The number of nitrogens with zero attached hydrogens (tertiary/aromatic N) is 5. The van der Waals surface area contributed by atoms with Gasteiger partial charge in [-0.3, -0.25) is 4.98 Å². The molecule has 8 heteroatoms. The summed E-state index contributed by atoms with van der Waals surface area (Å²) in [6.07, 6.45) is 6.88. The second kappa shape index (κ2) is 8.73. The molecule has 164 valence electrons. The zero-order chi connectivity index (χ0) is 21.4. The third kappa shape index (κ3) is 4.02. The lowest BCUT2D eigenvalue weighted by Gasteiger charge is -2.33. The first-order valence-corrected chi connectivity index (χ1v) is 11.7. The van der Waals surface area contributed by atoms with E-state index in [4.69, 9.17) is 27.3 Å². The van der Waals surface area contributed by atoms with Crippen molar-refractivity contribution in [2.75, 3.05) is 31.5 Å². The van der Waals surface area contributed by atoms with Gasteiger partial charge in [-0.2, -0.15) is 0 Å². The van der Waals surface area contributed by atoms with Crippen molar-refractivity contribution in [3.05, 3.63) is 46.5 Å². The molecule has 1 aliphatic heterocycles. The van der Waals surface area contributed by atoms with E-state index in [0.717, 1.165) is 86.7 Å². The zero-order valence-corrected chi connectivity index (χ0v) is 18.8. The number of halogens is 1. The second-order valence-corrected chi connectivity index (χ2v) is 9.12. The number of piperidine rings is 1. The molecule has 1 fully saturated rings. The molecule has 3 N–H and O–H groups in total. The molecule has 2 aromatic heterocycles. The van der Waals surface area contributed by atoms with Gasteiger partial charge in [0.1, 0.15) is 5.15 Å². The molecule has 5 rings (SSSR count). The lowest BCUT2D eigenvalue weighted by Crippen LogP contribution is -2.41. The summed E-state index contributed by atoms with van der Waals surface area (Å²) in [5.41, 5.74) is 11.1. The Morgan fingerprint density at radius 2 is 2.03 bits per heavy atom. The molecule has 1 aliphatic carbocycles. The topological polar surface area (TPSA) is 84.9 Å². The van der Waals surface area contributed by atoms with Crippen LogP contribution in [-0.2, 0) is 6.42 Å². The molecule has 7 nitrogen and oxygen atoms in total. The number of hydrogen-bond acceptors (Lipinski definition) is 6. The first kappa shape index (κ1) is 20.7. The first-order valence-electron chi connectivity index (χ1n) is 11.3. The standard InChI is InChI=1S/C23H30ClN7/c1-15-4-2-6-18-21(15)29-23(27-16-8-11-30(12-9-16)13-10-25)31(18)19-7-3-5-17-22(19)28-20(24)14-26-17/h2,4,6,14,16,19H,3,5,7-13,25H2,1H3,(H,27,29). The van der Waals surface area contributed by atoms with Crippen molar-refractivity contribution in [1.29, 1.82) is 0 Å². The van der Waals surface area contributed by atoms with Crippen LogP contribution >= 0.6 is 11.6 Å². The van der Waals surface area contributed by atoms with Crippen LogP contribution in [0.25, 0.3) is 11.0 Å². The van der Waals surface area contributed by atoms with E-state index < -0.39 is 0 Å². The van der Waals surface area contributed by atoms with Crippen molar-refractivity contribution in [1.82, 2.24) is 24.4 Å². The number of fused-ring (bicyclic) bond motifs is 2. The van der Waals surface area contributed by atoms with E-state index in [2.05, 4.69) is 44.9 Å². The summed E-state index contributed by atoms with van der Waals surface area (Å²) in [7, 11) is 0. The summed E-state index contributed by atoms with van der Waals surface area (Å²) in [5.74, 6) is 0.932. The number of aryl methyl sites for hydroxylation is 2. The molecule has 0 radical (unpaired) electrons. The highest BCUT2D eigenvalue weighted by molar-refractivity contribution is 6.29. The first-order chi connectivity index (χ1) is 15.1. The Morgan fingerprint density at radius 1 is 1.19 bits per heavy atom. The van der Waals surface area contributed by atoms with E-state index >= 15 is 0 Å². The van der Waals surface area contributed by atoms with Crippen LogP contribution in [0.2, 0.25) is 5.15 Å². The summed E-state index contributed by atoms with van der Waals surface area (Å²) in [6.45, 7) is 5.96. The van der Waals surface area contributed by atoms with Crippen molar-refractivity contribution in [3.8, 4) is 0 Å². The molecular weight excluding hydrogens is 410 g/mol. The van der Waals surface area contributed by atoms with Crippen LogP contribution in [0.3, 0.4) is 0 Å². The monoisotopic (exact) mass is 439 g/mol. The molecule has 3 heterocycles. The minimum Gasteiger partial charge on any atom is -0.353 e. The Bertz CT molecular complexity index is 1070. The predicted molar refractivity (Wildman–Crippen MR) is 125 cm³/mol. The molecule has 1 saturated heterocycles. The Kier molecular flexibility index (Phi) is 5.82. The normalized spacial score (nSPS) is 20.2. The number of hydrogen-bond donors (Lipinski definition) is 2. The highest BCUT2D eigenvalue weighted by atomic mass is 35.5. The number of likely N-dealkylation sites (tertiary alicyclic amines) is 1. The fraction of sp³-hybridized carbons (Fsp3) is 0.522. The molecule has 3 aromatic rings. The Labute approximate surface area is 188 Å². The summed E-state index contributed by atoms with van der Waals surface area (Å²) in [5, 5.41) is 4.24. The second-order valence-electron chi connectivity index (χ2n) is 8.73. The summed E-state index contributed by atoms with van der Waals surface area (Å²) in [4.78, 5) is 16.8. The number of imidazole rings is 1. The Morgan fingerprint density at radius 3 is 2.84 bits per heavy atom. The van der Waals surface area contributed by atoms with Gasteiger partial charge < -0.3 is 20.5 Å². The highest BCUT2D eigenvalue weighted by Gasteiger charge is 2.30. The van der Waals surface area contributed by atoms with Gasteiger partial charge in [0, 0.05) is 32.2 Å².